The Morgan fingerprint density at radius 2 is 1.96 bits per heavy atom. The van der Waals surface area contributed by atoms with Crippen LogP contribution < -0.4 is 4.90 Å². The Morgan fingerprint density at radius 3 is 2.57 bits per heavy atom. The van der Waals surface area contributed by atoms with Crippen molar-refractivity contribution in [3.63, 3.8) is 0 Å². The van der Waals surface area contributed by atoms with Crippen molar-refractivity contribution in [3.05, 3.63) is 33.4 Å². The summed E-state index contributed by atoms with van der Waals surface area (Å²) >= 11 is 1.70. The SMILES string of the molecule is Cc1nnc(N2CCN(C(C)c3nccs3)CC2)c(C#N)c1C. The van der Waals surface area contributed by atoms with Crippen LogP contribution in [0, 0.1) is 25.2 Å². The number of hydrogen-bond donors (Lipinski definition) is 0. The van der Waals surface area contributed by atoms with E-state index >= 15 is 0 Å². The van der Waals surface area contributed by atoms with Crippen molar-refractivity contribution in [2.24, 2.45) is 0 Å². The van der Waals surface area contributed by atoms with E-state index in [2.05, 4.69) is 38.0 Å². The van der Waals surface area contributed by atoms with Crippen molar-refractivity contribution >= 4 is 17.2 Å². The van der Waals surface area contributed by atoms with Gasteiger partial charge in [-0.05, 0) is 26.3 Å². The number of anilines is 1. The molecule has 2 aromatic rings. The molecule has 6 nitrogen and oxygen atoms in total. The molecule has 0 aromatic carbocycles. The molecule has 120 valence electrons. The topological polar surface area (TPSA) is 68.9 Å². The smallest absolute Gasteiger partial charge is 0.169 e. The Hall–Kier alpha value is -2.04. The lowest BCUT2D eigenvalue weighted by molar-refractivity contribution is 0.197. The first-order chi connectivity index (χ1) is 11.1. The first-order valence-electron chi connectivity index (χ1n) is 7.74. The zero-order chi connectivity index (χ0) is 16.4. The van der Waals surface area contributed by atoms with Gasteiger partial charge in [-0.2, -0.15) is 10.4 Å². The summed E-state index contributed by atoms with van der Waals surface area (Å²) in [4.78, 5) is 9.01. The Balaban J connectivity index is 1.73. The predicted molar refractivity (Wildman–Crippen MR) is 90.5 cm³/mol. The van der Waals surface area contributed by atoms with Crippen LogP contribution in [0.5, 0.6) is 0 Å². The third kappa shape index (κ3) is 3.05. The molecular weight excluding hydrogens is 308 g/mol. The predicted octanol–water partition coefficient (Wildman–Crippen LogP) is 2.30. The van der Waals surface area contributed by atoms with Gasteiger partial charge in [-0.25, -0.2) is 4.98 Å². The summed E-state index contributed by atoms with van der Waals surface area (Å²) in [6, 6.07) is 2.62. The van der Waals surface area contributed by atoms with Gasteiger partial charge in [0.15, 0.2) is 5.82 Å². The quantitative estimate of drug-likeness (QED) is 0.861. The van der Waals surface area contributed by atoms with Crippen molar-refractivity contribution in [2.75, 3.05) is 31.1 Å². The summed E-state index contributed by atoms with van der Waals surface area (Å²) in [6.45, 7) is 9.59. The maximum atomic E-state index is 9.46. The van der Waals surface area contributed by atoms with Crippen molar-refractivity contribution < 1.29 is 0 Å². The minimum atomic E-state index is 0.332. The van der Waals surface area contributed by atoms with Crippen LogP contribution in [0.4, 0.5) is 5.82 Å². The molecule has 1 fully saturated rings. The molecule has 0 N–H and O–H groups in total. The minimum absolute atomic E-state index is 0.332. The Bertz CT molecular complexity index is 713. The highest BCUT2D eigenvalue weighted by Gasteiger charge is 2.26. The van der Waals surface area contributed by atoms with Gasteiger partial charge in [-0.1, -0.05) is 0 Å². The maximum absolute atomic E-state index is 9.46. The molecule has 1 unspecified atom stereocenters. The van der Waals surface area contributed by atoms with Crippen molar-refractivity contribution in [2.45, 2.75) is 26.8 Å². The summed E-state index contributed by atoms with van der Waals surface area (Å²) < 4.78 is 0. The first-order valence-corrected chi connectivity index (χ1v) is 8.62. The van der Waals surface area contributed by atoms with Gasteiger partial charge in [-0.15, -0.1) is 16.4 Å². The second kappa shape index (κ2) is 6.60. The molecule has 0 radical (unpaired) electrons. The van der Waals surface area contributed by atoms with Crippen molar-refractivity contribution in [1.82, 2.24) is 20.1 Å². The van der Waals surface area contributed by atoms with Gasteiger partial charge in [0.1, 0.15) is 16.6 Å². The molecule has 0 bridgehead atoms. The molecular formula is C16H20N6S. The van der Waals surface area contributed by atoms with Crippen LogP contribution >= 0.6 is 11.3 Å². The Kier molecular flexibility index (Phi) is 4.55. The lowest BCUT2D eigenvalue weighted by Gasteiger charge is -2.38. The molecule has 1 aliphatic heterocycles. The molecule has 0 saturated carbocycles. The molecule has 0 spiro atoms. The number of aryl methyl sites for hydroxylation is 1. The molecule has 7 heteroatoms. The van der Waals surface area contributed by atoms with Gasteiger partial charge in [0.2, 0.25) is 0 Å². The van der Waals surface area contributed by atoms with E-state index in [4.69, 9.17) is 0 Å². The summed E-state index contributed by atoms with van der Waals surface area (Å²) in [7, 11) is 0. The molecule has 0 amide bonds. The average molecular weight is 328 g/mol. The van der Waals surface area contributed by atoms with Crippen molar-refractivity contribution in [3.8, 4) is 6.07 Å². The fraction of sp³-hybridized carbons (Fsp3) is 0.500. The van der Waals surface area contributed by atoms with E-state index < -0.39 is 0 Å². The lowest BCUT2D eigenvalue weighted by Crippen LogP contribution is -2.47. The van der Waals surface area contributed by atoms with Gasteiger partial charge in [0.25, 0.3) is 0 Å². The van der Waals surface area contributed by atoms with Crippen LogP contribution in [-0.4, -0.2) is 46.3 Å². The van der Waals surface area contributed by atoms with Gasteiger partial charge >= 0.3 is 0 Å². The number of nitrogens with zero attached hydrogens (tertiary/aromatic N) is 6. The molecule has 23 heavy (non-hydrogen) atoms. The summed E-state index contributed by atoms with van der Waals surface area (Å²) in [6.07, 6.45) is 1.86. The highest BCUT2D eigenvalue weighted by atomic mass is 32.1. The standard InChI is InChI=1S/C16H20N6S/c1-11-12(2)19-20-15(14(11)10-17)22-7-5-21(6-8-22)13(3)16-18-4-9-23-16/h4,9,13H,5-8H2,1-3H3. The fourth-order valence-corrected chi connectivity index (χ4v) is 3.60. The average Bonchev–Trinajstić information content (AvgIpc) is 3.11. The van der Waals surface area contributed by atoms with E-state index in [1.807, 2.05) is 25.4 Å². The molecule has 0 aliphatic carbocycles. The summed E-state index contributed by atoms with van der Waals surface area (Å²) in [5.74, 6) is 0.720. The maximum Gasteiger partial charge on any atom is 0.169 e. The monoisotopic (exact) mass is 328 g/mol. The Labute approximate surface area is 140 Å². The Morgan fingerprint density at radius 1 is 1.22 bits per heavy atom. The van der Waals surface area contributed by atoms with Crippen LogP contribution in [0.25, 0.3) is 0 Å². The highest BCUT2D eigenvalue weighted by molar-refractivity contribution is 7.09. The number of piperazine rings is 1. The largest absolute Gasteiger partial charge is 0.351 e. The van der Waals surface area contributed by atoms with Crippen molar-refractivity contribution in [1.29, 1.82) is 5.26 Å². The summed E-state index contributed by atoms with van der Waals surface area (Å²) in [5.41, 5.74) is 2.40. The second-order valence-corrected chi connectivity index (χ2v) is 6.72. The van der Waals surface area contributed by atoms with Gasteiger partial charge in [0.05, 0.1) is 11.7 Å². The second-order valence-electron chi connectivity index (χ2n) is 5.79. The van der Waals surface area contributed by atoms with Crippen LogP contribution in [0.2, 0.25) is 0 Å². The van der Waals surface area contributed by atoms with Crippen LogP contribution in [-0.2, 0) is 0 Å². The minimum Gasteiger partial charge on any atom is -0.351 e. The molecule has 3 heterocycles. The van der Waals surface area contributed by atoms with E-state index in [1.165, 1.54) is 0 Å². The molecule has 1 aliphatic rings. The van der Waals surface area contributed by atoms with Gasteiger partial charge in [0, 0.05) is 37.8 Å². The van der Waals surface area contributed by atoms with Crippen LogP contribution in [0.1, 0.15) is 34.8 Å². The van der Waals surface area contributed by atoms with Crippen LogP contribution in [0.3, 0.4) is 0 Å². The van der Waals surface area contributed by atoms with E-state index in [0.29, 0.717) is 11.6 Å². The zero-order valence-electron chi connectivity index (χ0n) is 13.7. The highest BCUT2D eigenvalue weighted by Crippen LogP contribution is 2.26. The third-order valence-corrected chi connectivity index (χ3v) is 5.46. The van der Waals surface area contributed by atoms with Gasteiger partial charge in [-0.3, -0.25) is 4.90 Å². The number of thiazole rings is 1. The van der Waals surface area contributed by atoms with E-state index in [9.17, 15) is 5.26 Å². The number of hydrogen-bond acceptors (Lipinski definition) is 7. The zero-order valence-corrected chi connectivity index (χ0v) is 14.5. The van der Waals surface area contributed by atoms with E-state index in [-0.39, 0.29) is 0 Å². The number of rotatable bonds is 3. The number of nitriles is 1. The molecule has 1 atom stereocenters. The fourth-order valence-electron chi connectivity index (χ4n) is 2.87. The lowest BCUT2D eigenvalue weighted by atomic mass is 10.1. The molecule has 3 rings (SSSR count). The van der Waals surface area contributed by atoms with Crippen LogP contribution in [0.15, 0.2) is 11.6 Å². The van der Waals surface area contributed by atoms with Gasteiger partial charge < -0.3 is 4.90 Å². The third-order valence-electron chi connectivity index (χ3n) is 4.52. The van der Waals surface area contributed by atoms with E-state index in [1.54, 1.807) is 11.3 Å². The van der Waals surface area contributed by atoms with E-state index in [0.717, 1.165) is 48.3 Å². The first kappa shape index (κ1) is 15.8. The number of aromatic nitrogens is 3. The normalized spacial score (nSPS) is 17.0. The molecule has 1 saturated heterocycles. The summed E-state index contributed by atoms with van der Waals surface area (Å²) in [5, 5.41) is 21.1. The molecule has 2 aromatic heterocycles.